The van der Waals surface area contributed by atoms with E-state index in [2.05, 4.69) is 26.2 Å². The summed E-state index contributed by atoms with van der Waals surface area (Å²) in [5.74, 6) is -0.619. The highest BCUT2D eigenvalue weighted by molar-refractivity contribution is 9.10. The Morgan fingerprint density at radius 2 is 2.19 bits per heavy atom. The fourth-order valence-corrected chi connectivity index (χ4v) is 2.29. The first kappa shape index (κ1) is 15.4. The third-order valence-electron chi connectivity index (χ3n) is 3.00. The Morgan fingerprint density at radius 1 is 1.43 bits per heavy atom. The van der Waals surface area contributed by atoms with Crippen molar-refractivity contribution in [2.45, 2.75) is 13.0 Å². The lowest BCUT2D eigenvalue weighted by molar-refractivity contribution is 0.0934. The number of hydrogen-bond donors (Lipinski definition) is 1. The Kier molecular flexibility index (Phi) is 4.90. The quantitative estimate of drug-likeness (QED) is 0.916. The number of nitrogens with one attached hydrogen (secondary N) is 1. The average molecular weight is 353 g/mol. The fraction of sp³-hybridized carbons (Fsp3) is 0.200. The van der Waals surface area contributed by atoms with Crippen LogP contribution < -0.4 is 10.1 Å². The van der Waals surface area contributed by atoms with E-state index in [1.807, 2.05) is 0 Å². The van der Waals surface area contributed by atoms with Crippen LogP contribution in [0.1, 0.15) is 29.0 Å². The van der Waals surface area contributed by atoms with E-state index in [4.69, 9.17) is 4.74 Å². The first-order valence-electron chi connectivity index (χ1n) is 6.27. The summed E-state index contributed by atoms with van der Waals surface area (Å²) in [5, 5.41) is 2.78. The molecule has 0 saturated heterocycles. The molecule has 1 atom stereocenters. The number of methoxy groups -OCH3 is 1. The number of halogens is 2. The van der Waals surface area contributed by atoms with Gasteiger partial charge in [0.2, 0.25) is 0 Å². The van der Waals surface area contributed by atoms with E-state index in [-0.39, 0.29) is 17.7 Å². The van der Waals surface area contributed by atoms with Crippen molar-refractivity contribution in [1.29, 1.82) is 0 Å². The van der Waals surface area contributed by atoms with E-state index >= 15 is 0 Å². The van der Waals surface area contributed by atoms with Gasteiger partial charge in [-0.05, 0) is 52.7 Å². The van der Waals surface area contributed by atoms with Gasteiger partial charge in [-0.25, -0.2) is 9.37 Å². The number of nitrogens with zero attached hydrogens (tertiary/aromatic N) is 1. The highest BCUT2D eigenvalue weighted by atomic mass is 79.9. The van der Waals surface area contributed by atoms with Gasteiger partial charge in [0.15, 0.2) is 11.6 Å². The molecule has 1 aromatic carbocycles. The number of pyridine rings is 1. The van der Waals surface area contributed by atoms with Gasteiger partial charge in [-0.3, -0.25) is 4.79 Å². The van der Waals surface area contributed by atoms with E-state index < -0.39 is 5.82 Å². The van der Waals surface area contributed by atoms with Gasteiger partial charge < -0.3 is 10.1 Å². The molecule has 2 rings (SSSR count). The van der Waals surface area contributed by atoms with Crippen LogP contribution in [-0.4, -0.2) is 18.0 Å². The molecule has 0 saturated carbocycles. The molecule has 1 N–H and O–H groups in total. The van der Waals surface area contributed by atoms with E-state index in [9.17, 15) is 9.18 Å². The lowest BCUT2D eigenvalue weighted by atomic mass is 10.1. The summed E-state index contributed by atoms with van der Waals surface area (Å²) >= 11 is 3.27. The molecule has 21 heavy (non-hydrogen) atoms. The van der Waals surface area contributed by atoms with Crippen LogP contribution in [0.15, 0.2) is 41.0 Å². The molecule has 0 radical (unpaired) electrons. The predicted octanol–water partition coefficient (Wildman–Crippen LogP) is 3.48. The number of aromatic nitrogens is 1. The Morgan fingerprint density at radius 3 is 2.81 bits per heavy atom. The molecule has 2 aromatic rings. The second kappa shape index (κ2) is 6.67. The fourth-order valence-electron chi connectivity index (χ4n) is 1.85. The van der Waals surface area contributed by atoms with Crippen molar-refractivity contribution in [2.24, 2.45) is 0 Å². The van der Waals surface area contributed by atoms with Crippen LogP contribution in [0.3, 0.4) is 0 Å². The molecule has 1 amide bonds. The maximum absolute atomic E-state index is 13.7. The first-order chi connectivity index (χ1) is 10.0. The molecule has 6 heteroatoms. The second-order valence-corrected chi connectivity index (χ2v) is 5.28. The smallest absolute Gasteiger partial charge is 0.271 e. The van der Waals surface area contributed by atoms with E-state index in [1.54, 1.807) is 25.1 Å². The van der Waals surface area contributed by atoms with Crippen molar-refractivity contribution < 1.29 is 13.9 Å². The largest absolute Gasteiger partial charge is 0.494 e. The Bertz CT molecular complexity index is 664. The van der Waals surface area contributed by atoms with Gasteiger partial charge in [-0.15, -0.1) is 0 Å². The van der Waals surface area contributed by atoms with Gasteiger partial charge in [0, 0.05) is 10.7 Å². The molecule has 0 bridgehead atoms. The van der Waals surface area contributed by atoms with Crippen LogP contribution in [0.4, 0.5) is 4.39 Å². The molecule has 0 aliphatic rings. The zero-order valence-electron chi connectivity index (χ0n) is 11.6. The third-order valence-corrected chi connectivity index (χ3v) is 3.64. The number of carbonyl (C=O) groups is 1. The minimum Gasteiger partial charge on any atom is -0.494 e. The predicted molar refractivity (Wildman–Crippen MR) is 80.8 cm³/mol. The maximum Gasteiger partial charge on any atom is 0.271 e. The van der Waals surface area contributed by atoms with Gasteiger partial charge in [-0.1, -0.05) is 6.07 Å². The van der Waals surface area contributed by atoms with Crippen LogP contribution in [0, 0.1) is 5.82 Å². The number of benzene rings is 1. The van der Waals surface area contributed by atoms with Gasteiger partial charge in [-0.2, -0.15) is 0 Å². The first-order valence-corrected chi connectivity index (χ1v) is 7.07. The van der Waals surface area contributed by atoms with Gasteiger partial charge >= 0.3 is 0 Å². The zero-order valence-corrected chi connectivity index (χ0v) is 13.1. The molecule has 1 aromatic heterocycles. The monoisotopic (exact) mass is 352 g/mol. The number of ether oxygens (including phenoxy) is 1. The molecular weight excluding hydrogens is 339 g/mol. The standard InChI is InChI=1S/C15H14BrFN2O2/c1-9(10-5-6-13(21-2)12(17)8-10)19-15(20)14-11(16)4-3-7-18-14/h3-9H,1-2H3,(H,19,20). The molecule has 1 heterocycles. The van der Waals surface area contributed by atoms with Crippen LogP contribution >= 0.6 is 15.9 Å². The minimum absolute atomic E-state index is 0.171. The van der Waals surface area contributed by atoms with Crippen LogP contribution in [0.25, 0.3) is 0 Å². The lowest BCUT2D eigenvalue weighted by Crippen LogP contribution is -2.27. The van der Waals surface area contributed by atoms with Crippen LogP contribution in [0.2, 0.25) is 0 Å². The summed E-state index contributed by atoms with van der Waals surface area (Å²) in [4.78, 5) is 16.2. The SMILES string of the molecule is COc1ccc(C(C)NC(=O)c2ncccc2Br)cc1F. The third kappa shape index (κ3) is 3.58. The van der Waals surface area contributed by atoms with Crippen molar-refractivity contribution in [1.82, 2.24) is 10.3 Å². The zero-order chi connectivity index (χ0) is 15.4. The minimum atomic E-state index is -0.463. The second-order valence-electron chi connectivity index (χ2n) is 4.42. The molecule has 4 nitrogen and oxygen atoms in total. The molecule has 0 spiro atoms. The average Bonchev–Trinajstić information content (AvgIpc) is 2.47. The Hall–Kier alpha value is -1.95. The lowest BCUT2D eigenvalue weighted by Gasteiger charge is -2.15. The molecule has 0 aliphatic carbocycles. The summed E-state index contributed by atoms with van der Waals surface area (Å²) in [6.07, 6.45) is 1.54. The van der Waals surface area contributed by atoms with Crippen molar-refractivity contribution in [3.05, 3.63) is 58.1 Å². The summed E-state index contributed by atoms with van der Waals surface area (Å²) in [7, 11) is 1.40. The topological polar surface area (TPSA) is 51.2 Å². The summed E-state index contributed by atoms with van der Waals surface area (Å²) < 4.78 is 19.2. The molecule has 110 valence electrons. The summed E-state index contributed by atoms with van der Waals surface area (Å²) in [6, 6.07) is 7.69. The molecule has 1 unspecified atom stereocenters. The number of carbonyl (C=O) groups excluding carboxylic acids is 1. The Balaban J connectivity index is 2.14. The van der Waals surface area contributed by atoms with Crippen molar-refractivity contribution >= 4 is 21.8 Å². The number of rotatable bonds is 4. The van der Waals surface area contributed by atoms with E-state index in [0.29, 0.717) is 15.7 Å². The Labute approximate surface area is 130 Å². The van der Waals surface area contributed by atoms with Crippen molar-refractivity contribution in [2.75, 3.05) is 7.11 Å². The summed E-state index contributed by atoms with van der Waals surface area (Å²) in [6.45, 7) is 1.77. The van der Waals surface area contributed by atoms with Crippen LogP contribution in [-0.2, 0) is 0 Å². The van der Waals surface area contributed by atoms with Crippen molar-refractivity contribution in [3.8, 4) is 5.75 Å². The molecular formula is C15H14BrFN2O2. The molecule has 0 fully saturated rings. The highest BCUT2D eigenvalue weighted by Crippen LogP contribution is 2.22. The van der Waals surface area contributed by atoms with Gasteiger partial charge in [0.25, 0.3) is 5.91 Å². The molecule has 0 aliphatic heterocycles. The van der Waals surface area contributed by atoms with Crippen LogP contribution in [0.5, 0.6) is 5.75 Å². The number of amides is 1. The normalized spacial score (nSPS) is 11.8. The van der Waals surface area contributed by atoms with E-state index in [0.717, 1.165) is 0 Å². The summed E-state index contributed by atoms with van der Waals surface area (Å²) in [5.41, 5.74) is 0.937. The van der Waals surface area contributed by atoms with Crippen molar-refractivity contribution in [3.63, 3.8) is 0 Å². The van der Waals surface area contributed by atoms with Gasteiger partial charge in [0.05, 0.1) is 13.2 Å². The van der Waals surface area contributed by atoms with Gasteiger partial charge in [0.1, 0.15) is 5.69 Å². The maximum atomic E-state index is 13.7. The highest BCUT2D eigenvalue weighted by Gasteiger charge is 2.16. The van der Waals surface area contributed by atoms with E-state index in [1.165, 1.54) is 25.4 Å². The number of hydrogen-bond acceptors (Lipinski definition) is 3.